The summed E-state index contributed by atoms with van der Waals surface area (Å²) in [6, 6.07) is 5.93. The van der Waals surface area contributed by atoms with Crippen LogP contribution in [0.2, 0.25) is 0 Å². The Hall–Kier alpha value is -1.84. The predicted octanol–water partition coefficient (Wildman–Crippen LogP) is 1.51. The Morgan fingerprint density at radius 1 is 1.50 bits per heavy atom. The van der Waals surface area contributed by atoms with Gasteiger partial charge in [0.25, 0.3) is 6.47 Å². The lowest BCUT2D eigenvalue weighted by Gasteiger charge is -1.86. The summed E-state index contributed by atoms with van der Waals surface area (Å²) in [6.07, 6.45) is 5.69. The molecule has 4 heteroatoms. The van der Waals surface area contributed by atoms with Crippen molar-refractivity contribution in [1.82, 2.24) is 9.38 Å². The van der Waals surface area contributed by atoms with Crippen LogP contribution in [0.5, 0.6) is 0 Å². The van der Waals surface area contributed by atoms with Crippen molar-refractivity contribution < 1.29 is 9.53 Å². The van der Waals surface area contributed by atoms with Gasteiger partial charge < -0.3 is 9.14 Å². The third kappa shape index (κ3) is 2.90. The Kier molecular flexibility index (Phi) is 4.20. The molecule has 74 valence electrons. The van der Waals surface area contributed by atoms with Gasteiger partial charge in [-0.15, -0.1) is 0 Å². The molecule has 0 N–H and O–H groups in total. The fraction of sp³-hybridized carbons (Fsp3) is 0.200. The van der Waals surface area contributed by atoms with Crippen molar-refractivity contribution in [3.8, 4) is 0 Å². The van der Waals surface area contributed by atoms with Gasteiger partial charge in [0, 0.05) is 18.6 Å². The Labute approximate surface area is 82.1 Å². The molecule has 0 unspecified atom stereocenters. The molecular weight excluding hydrogens is 180 g/mol. The molecule has 2 aromatic heterocycles. The van der Waals surface area contributed by atoms with Crippen LogP contribution in [0, 0.1) is 0 Å². The summed E-state index contributed by atoms with van der Waals surface area (Å²) < 4.78 is 6.12. The number of pyridine rings is 1. The fourth-order valence-electron chi connectivity index (χ4n) is 0.932. The number of nitrogens with zero attached hydrogens (tertiary/aromatic N) is 2. The van der Waals surface area contributed by atoms with E-state index in [1.165, 1.54) is 0 Å². The molecule has 2 heterocycles. The van der Waals surface area contributed by atoms with E-state index in [2.05, 4.69) is 9.72 Å². The predicted molar refractivity (Wildman–Crippen MR) is 52.9 cm³/mol. The van der Waals surface area contributed by atoms with E-state index < -0.39 is 0 Å². The molecule has 0 aliphatic carbocycles. The molecule has 14 heavy (non-hydrogen) atoms. The zero-order valence-corrected chi connectivity index (χ0v) is 7.96. The summed E-state index contributed by atoms with van der Waals surface area (Å²) in [6.45, 7) is 2.66. The number of hydrogen-bond donors (Lipinski definition) is 0. The highest BCUT2D eigenvalue weighted by Crippen LogP contribution is 1.96. The zero-order valence-electron chi connectivity index (χ0n) is 7.96. The van der Waals surface area contributed by atoms with Crippen LogP contribution in [0.3, 0.4) is 0 Å². The SMILES string of the molecule is CCOC=O.c1ccn2ccnc2c1. The van der Waals surface area contributed by atoms with Gasteiger partial charge in [0.15, 0.2) is 0 Å². The lowest BCUT2D eigenvalue weighted by molar-refractivity contribution is -0.128. The molecule has 0 radical (unpaired) electrons. The molecule has 0 saturated carbocycles. The van der Waals surface area contributed by atoms with Gasteiger partial charge in [-0.3, -0.25) is 4.79 Å². The summed E-state index contributed by atoms with van der Waals surface area (Å²) in [5.74, 6) is 0. The highest BCUT2D eigenvalue weighted by molar-refractivity contribution is 5.37. The van der Waals surface area contributed by atoms with Crippen molar-refractivity contribution >= 4 is 12.1 Å². The van der Waals surface area contributed by atoms with Gasteiger partial charge in [0.2, 0.25) is 0 Å². The molecule has 0 spiro atoms. The number of aromatic nitrogens is 2. The first-order valence-corrected chi connectivity index (χ1v) is 4.31. The standard InChI is InChI=1S/C7H6N2.C3H6O2/c1-2-5-9-6-4-8-7(9)3-1;1-2-5-3-4/h1-6H;3H,2H2,1H3. The van der Waals surface area contributed by atoms with Crippen LogP contribution in [0.4, 0.5) is 0 Å². The molecule has 0 saturated heterocycles. The maximum absolute atomic E-state index is 9.18. The molecular formula is C10H12N2O2. The van der Waals surface area contributed by atoms with E-state index in [1.54, 1.807) is 13.1 Å². The van der Waals surface area contributed by atoms with Crippen LogP contribution in [0.1, 0.15) is 6.92 Å². The number of rotatable bonds is 2. The van der Waals surface area contributed by atoms with Crippen LogP contribution >= 0.6 is 0 Å². The second-order valence-electron chi connectivity index (χ2n) is 2.44. The highest BCUT2D eigenvalue weighted by atomic mass is 16.5. The molecule has 0 aliphatic rings. The zero-order chi connectivity index (χ0) is 10.2. The van der Waals surface area contributed by atoms with Crippen molar-refractivity contribution in [2.24, 2.45) is 0 Å². The Morgan fingerprint density at radius 2 is 2.36 bits per heavy atom. The summed E-state index contributed by atoms with van der Waals surface area (Å²) in [5, 5.41) is 0. The van der Waals surface area contributed by atoms with Gasteiger partial charge in [-0.2, -0.15) is 0 Å². The minimum absolute atomic E-state index is 0.431. The minimum atomic E-state index is 0.431. The second-order valence-corrected chi connectivity index (χ2v) is 2.44. The highest BCUT2D eigenvalue weighted by Gasteiger charge is 1.85. The summed E-state index contributed by atoms with van der Waals surface area (Å²) in [5.41, 5.74) is 0.998. The van der Waals surface area contributed by atoms with Gasteiger partial charge in [0.05, 0.1) is 6.61 Å². The molecule has 2 rings (SSSR count). The van der Waals surface area contributed by atoms with Crippen molar-refractivity contribution in [3.63, 3.8) is 0 Å². The fourth-order valence-corrected chi connectivity index (χ4v) is 0.932. The average molecular weight is 192 g/mol. The topological polar surface area (TPSA) is 43.6 Å². The van der Waals surface area contributed by atoms with Crippen molar-refractivity contribution in [3.05, 3.63) is 36.8 Å². The van der Waals surface area contributed by atoms with Crippen LogP contribution < -0.4 is 0 Å². The lowest BCUT2D eigenvalue weighted by Crippen LogP contribution is -1.80. The quantitative estimate of drug-likeness (QED) is 0.677. The second kappa shape index (κ2) is 5.75. The Balaban J connectivity index is 0.000000171. The Morgan fingerprint density at radius 3 is 2.93 bits per heavy atom. The van der Waals surface area contributed by atoms with E-state index in [-0.39, 0.29) is 0 Å². The number of imidazole rings is 1. The van der Waals surface area contributed by atoms with E-state index in [4.69, 9.17) is 0 Å². The van der Waals surface area contributed by atoms with Gasteiger partial charge in [0.1, 0.15) is 5.65 Å². The summed E-state index contributed by atoms with van der Waals surface area (Å²) in [4.78, 5) is 13.3. The van der Waals surface area contributed by atoms with E-state index >= 15 is 0 Å². The normalized spacial score (nSPS) is 8.93. The number of carbonyl (C=O) groups is 1. The minimum Gasteiger partial charge on any atom is -0.468 e. The van der Waals surface area contributed by atoms with Crippen LogP contribution in [-0.2, 0) is 9.53 Å². The molecule has 0 aromatic carbocycles. The smallest absolute Gasteiger partial charge is 0.293 e. The molecule has 0 fully saturated rings. The molecule has 0 bridgehead atoms. The van der Waals surface area contributed by atoms with Crippen molar-refractivity contribution in [1.29, 1.82) is 0 Å². The number of fused-ring (bicyclic) bond motifs is 1. The van der Waals surface area contributed by atoms with E-state index in [0.717, 1.165) is 5.65 Å². The monoisotopic (exact) mass is 192 g/mol. The lowest BCUT2D eigenvalue weighted by atomic mass is 10.5. The maximum atomic E-state index is 9.18. The summed E-state index contributed by atoms with van der Waals surface area (Å²) >= 11 is 0. The van der Waals surface area contributed by atoms with Crippen LogP contribution in [-0.4, -0.2) is 22.5 Å². The maximum Gasteiger partial charge on any atom is 0.293 e. The van der Waals surface area contributed by atoms with Crippen LogP contribution in [0.15, 0.2) is 36.8 Å². The van der Waals surface area contributed by atoms with Gasteiger partial charge in [-0.1, -0.05) is 6.07 Å². The van der Waals surface area contributed by atoms with Gasteiger partial charge in [-0.05, 0) is 19.1 Å². The van der Waals surface area contributed by atoms with Crippen molar-refractivity contribution in [2.45, 2.75) is 6.92 Å². The van der Waals surface area contributed by atoms with E-state index in [0.29, 0.717) is 13.1 Å². The first-order valence-electron chi connectivity index (χ1n) is 4.31. The molecule has 0 aliphatic heterocycles. The Bertz CT molecular complexity index is 354. The molecule has 0 amide bonds. The number of ether oxygens (including phenoxy) is 1. The summed E-state index contributed by atoms with van der Waals surface area (Å²) in [7, 11) is 0. The van der Waals surface area contributed by atoms with Crippen LogP contribution in [0.25, 0.3) is 5.65 Å². The average Bonchev–Trinajstić information content (AvgIpc) is 2.67. The largest absolute Gasteiger partial charge is 0.468 e. The number of hydrogen-bond acceptors (Lipinski definition) is 3. The molecule has 4 nitrogen and oxygen atoms in total. The third-order valence-electron chi connectivity index (χ3n) is 1.54. The third-order valence-corrected chi connectivity index (χ3v) is 1.54. The van der Waals surface area contributed by atoms with E-state index in [1.807, 2.05) is 35.0 Å². The van der Waals surface area contributed by atoms with E-state index in [9.17, 15) is 4.79 Å². The van der Waals surface area contributed by atoms with Crippen molar-refractivity contribution in [2.75, 3.05) is 6.61 Å². The number of carbonyl (C=O) groups excluding carboxylic acids is 1. The molecule has 0 atom stereocenters. The van der Waals surface area contributed by atoms with Gasteiger partial charge in [-0.25, -0.2) is 4.98 Å². The van der Waals surface area contributed by atoms with Gasteiger partial charge >= 0.3 is 0 Å². The molecule has 2 aromatic rings. The first kappa shape index (κ1) is 10.2. The first-order chi connectivity index (χ1) is 6.88.